The predicted molar refractivity (Wildman–Crippen MR) is 125 cm³/mol. The molecule has 0 atom stereocenters. The van der Waals surface area contributed by atoms with Crippen LogP contribution in [0.25, 0.3) is 21.5 Å². The molecule has 0 spiro atoms. The molecular weight excluding hydrogens is 768 g/mol. The van der Waals surface area contributed by atoms with Gasteiger partial charge in [-0.3, -0.25) is 0 Å². The Morgan fingerprint density at radius 2 is 0.903 bits per heavy atom. The summed E-state index contributed by atoms with van der Waals surface area (Å²) in [6.07, 6.45) is 0. The molecule has 4 aromatic carbocycles. The van der Waals surface area contributed by atoms with Crippen LogP contribution in [0.4, 0.5) is 0 Å². The Morgan fingerprint density at radius 1 is 0.613 bits per heavy atom. The number of fused-ring (bicyclic) bond motifs is 2. The Hall–Kier alpha value is 0.197. The minimum Gasteiger partial charge on any atom is -1.00 e. The smallest absolute Gasteiger partial charge is 1.00 e. The third-order valence-corrected chi connectivity index (χ3v) is 4.64. The molecule has 0 saturated carbocycles. The van der Waals surface area contributed by atoms with E-state index in [0.29, 0.717) is 0 Å². The predicted octanol–water partition coefficient (Wildman–Crippen LogP) is 1.76. The van der Waals surface area contributed by atoms with E-state index in [0.717, 1.165) is 0 Å². The van der Waals surface area contributed by atoms with Crippen LogP contribution in [0.2, 0.25) is 13.1 Å². The molecule has 0 nitrogen and oxygen atoms in total. The summed E-state index contributed by atoms with van der Waals surface area (Å²) in [7, 11) is 0. The Kier molecular flexibility index (Phi) is 16.3. The van der Waals surface area contributed by atoms with Crippen molar-refractivity contribution in [2.75, 3.05) is 0 Å². The molecule has 0 heterocycles. The molecule has 4 rings (SSSR count). The minimum absolute atomic E-state index is 0. The van der Waals surface area contributed by atoms with Crippen LogP contribution in [0.15, 0.2) is 48.5 Å². The van der Waals surface area contributed by atoms with E-state index in [-0.39, 0.29) is 56.2 Å². The number of aryl methyl sites for hydroxylation is 6. The second-order valence-corrected chi connectivity index (χ2v) is 21.0. The molecular formula is C26H32Cl2Hf2Si+2. The number of benzene rings is 2. The topological polar surface area (TPSA) is 0 Å². The number of hydrogen-bond acceptors (Lipinski definition) is 0. The largest absolute Gasteiger partial charge is 4.00 e. The summed E-state index contributed by atoms with van der Waals surface area (Å²) in [5.41, 5.74) is 8.46. The van der Waals surface area contributed by atoms with Crippen molar-refractivity contribution in [2.24, 2.45) is 0 Å². The minimum atomic E-state index is 0. The summed E-state index contributed by atoms with van der Waals surface area (Å²) in [4.78, 5) is 0. The van der Waals surface area contributed by atoms with Gasteiger partial charge in [-0.25, -0.2) is 0 Å². The maximum atomic E-state index is 2.33. The van der Waals surface area contributed by atoms with Crippen molar-refractivity contribution in [1.82, 2.24) is 0 Å². The van der Waals surface area contributed by atoms with Crippen LogP contribution in [-0.4, -0.2) is 5.49 Å². The first-order valence-electron chi connectivity index (χ1n) is 9.87. The molecule has 0 fully saturated rings. The molecule has 4 aromatic rings. The molecule has 160 valence electrons. The first-order valence-corrected chi connectivity index (χ1v) is 17.8. The summed E-state index contributed by atoms with van der Waals surface area (Å²) in [6.45, 7) is 17.6. The standard InChI is InChI=1S/2C12H13.C2H6Si.2ClH.2Hf/c2*1-8-4-10(3)12-7-9(2)6-11(12)5-8;1-3-2;;;;/h2*4-7H,1-3H3;1-2H3;2*1H;;/q2*-1;;;;+2;+4/p-2. The molecule has 0 unspecified atom stereocenters. The molecule has 0 saturated heterocycles. The third-order valence-electron chi connectivity index (χ3n) is 4.64. The summed E-state index contributed by atoms with van der Waals surface area (Å²) in [5, 5.41) is 5.56. The van der Waals surface area contributed by atoms with Gasteiger partial charge in [0.25, 0.3) is 0 Å². The second-order valence-electron chi connectivity index (χ2n) is 8.23. The van der Waals surface area contributed by atoms with Gasteiger partial charge in [-0.05, 0) is 27.7 Å². The fourth-order valence-corrected chi connectivity index (χ4v) is 3.69. The van der Waals surface area contributed by atoms with Gasteiger partial charge in [-0.2, -0.15) is 12.1 Å². The zero-order chi connectivity index (χ0) is 21.0. The molecule has 0 N–H and O–H groups in total. The van der Waals surface area contributed by atoms with Gasteiger partial charge in [0.1, 0.15) is 0 Å². The SMILES string of the molecule is C[Si](C)=[Hf+2].Cc1cc(C)c2cc(C)[cH-]c2c1.Cc1cc(C)c2cc(C)[cH-]c2c1.[Cl-].[Cl-].[Hf+4]. The van der Waals surface area contributed by atoms with Crippen molar-refractivity contribution < 1.29 is 73.7 Å². The molecule has 0 aliphatic rings. The van der Waals surface area contributed by atoms with Crippen molar-refractivity contribution in [3.63, 3.8) is 0 Å². The van der Waals surface area contributed by atoms with Crippen LogP contribution in [0.5, 0.6) is 0 Å². The van der Waals surface area contributed by atoms with Crippen molar-refractivity contribution in [2.45, 2.75) is 54.6 Å². The monoisotopic (exact) mass is 802 g/mol. The number of halogens is 2. The average Bonchev–Trinajstić information content (AvgIpc) is 3.09. The maximum Gasteiger partial charge on any atom is 4.00 e. The van der Waals surface area contributed by atoms with Crippen molar-refractivity contribution in [3.05, 3.63) is 81.9 Å². The van der Waals surface area contributed by atoms with E-state index < -0.39 is 0 Å². The Bertz CT molecular complexity index is 1040. The van der Waals surface area contributed by atoms with E-state index in [1.807, 2.05) is 0 Å². The molecule has 0 bridgehead atoms. The summed E-state index contributed by atoms with van der Waals surface area (Å²) < 4.78 is 0. The van der Waals surface area contributed by atoms with Gasteiger partial charge in [-0.1, -0.05) is 48.2 Å². The molecule has 0 aliphatic heterocycles. The van der Waals surface area contributed by atoms with Crippen molar-refractivity contribution in [1.29, 1.82) is 0 Å². The quantitative estimate of drug-likeness (QED) is 0.188. The number of rotatable bonds is 0. The van der Waals surface area contributed by atoms with E-state index in [9.17, 15) is 0 Å². The van der Waals surface area contributed by atoms with Gasteiger partial charge >= 0.3 is 67.4 Å². The second kappa shape index (κ2) is 15.2. The van der Waals surface area contributed by atoms with Gasteiger partial charge in [0, 0.05) is 0 Å². The normalized spacial score (nSPS) is 9.35. The molecule has 0 aliphatic carbocycles. The van der Waals surface area contributed by atoms with Crippen molar-refractivity contribution >= 4 is 27.0 Å². The van der Waals surface area contributed by atoms with Crippen LogP contribution in [-0.2, 0) is 48.8 Å². The van der Waals surface area contributed by atoms with Crippen LogP contribution in [0.3, 0.4) is 0 Å². The van der Waals surface area contributed by atoms with E-state index in [4.69, 9.17) is 0 Å². The van der Waals surface area contributed by atoms with Gasteiger partial charge in [-0.15, -0.1) is 56.9 Å². The van der Waals surface area contributed by atoms with Crippen LogP contribution in [0, 0.1) is 41.5 Å². The van der Waals surface area contributed by atoms with E-state index in [1.54, 1.807) is 0 Å². The molecule has 0 radical (unpaired) electrons. The molecule has 0 amide bonds. The van der Waals surface area contributed by atoms with Crippen LogP contribution >= 0.6 is 0 Å². The zero-order valence-corrected chi connectivity index (χ0v) is 29.6. The summed E-state index contributed by atoms with van der Waals surface area (Å²) in [6, 6.07) is 18.0. The first kappa shape index (κ1) is 33.4. The van der Waals surface area contributed by atoms with Gasteiger partial charge in [0.2, 0.25) is 0 Å². The number of hydrogen-bond donors (Lipinski definition) is 0. The third kappa shape index (κ3) is 10.3. The molecule has 31 heavy (non-hydrogen) atoms. The fraction of sp³-hybridized carbons (Fsp3) is 0.308. The summed E-state index contributed by atoms with van der Waals surface area (Å²) in [5.74, 6) is 0. The van der Waals surface area contributed by atoms with Crippen molar-refractivity contribution in [3.8, 4) is 0 Å². The zero-order valence-electron chi connectivity index (χ0n) is 19.9. The van der Waals surface area contributed by atoms with Gasteiger partial charge in [0.05, 0.1) is 0 Å². The van der Waals surface area contributed by atoms with Crippen LogP contribution < -0.4 is 24.8 Å². The first-order chi connectivity index (χ1) is 13.1. The average molecular weight is 801 g/mol. The fourth-order valence-electron chi connectivity index (χ4n) is 3.69. The Labute approximate surface area is 235 Å². The molecule has 0 aromatic heterocycles. The Morgan fingerprint density at radius 3 is 1.19 bits per heavy atom. The van der Waals surface area contributed by atoms with E-state index in [1.165, 1.54) is 77.9 Å². The van der Waals surface area contributed by atoms with Crippen LogP contribution in [0.1, 0.15) is 33.4 Å². The van der Waals surface area contributed by atoms with Gasteiger partial charge in [0.15, 0.2) is 0 Å². The molecule has 5 heteroatoms. The summed E-state index contributed by atoms with van der Waals surface area (Å²) >= 11 is 1.45. The van der Waals surface area contributed by atoms with E-state index in [2.05, 4.69) is 103 Å². The van der Waals surface area contributed by atoms with E-state index >= 15 is 0 Å². The Balaban J connectivity index is 0. The van der Waals surface area contributed by atoms with Gasteiger partial charge < -0.3 is 24.8 Å². The maximum absolute atomic E-state index is 2.33.